The fourth-order valence-corrected chi connectivity index (χ4v) is 22.4. The molecule has 0 unspecified atom stereocenters. The Hall–Kier alpha value is 1.85. The SMILES string of the molecule is C.CCC(=O)N[I-]I.CCC(=O)ON1C(=O)CCC1=O.CCC[I-]I.CN.CN.CN.CNC(=O)/C=C(/CC(=O)N[I-]I)C(=O)O.CNC(=O)/C=C(/CC(=O)O)C(=O)O.CNC(=O)/C=C(/CC(=O)ON1C(=O)CCC1=O)C(=O)O.CNC(=O)C[I-]I.CNCC[I-]I.COC(=O)C[I-]I.N[I-]I.N[I-]I.O=C(O)CC1=CC(=O)OC1=O.O=C(O)C[I-]I.O=C1CCC(=O)N1O.OCC[I-]I. The molecule has 4 aliphatic heterocycles. The Morgan fingerprint density at radius 2 is 0.793 bits per heavy atom. The molecule has 0 atom stereocenters. The summed E-state index contributed by atoms with van der Waals surface area (Å²) in [6, 6.07) is 0. The van der Waals surface area contributed by atoms with Gasteiger partial charge in [0.15, 0.2) is 0 Å². The summed E-state index contributed by atoms with van der Waals surface area (Å²) in [5.41, 5.74) is 12.2. The number of hydrogen-bond donors (Lipinski definition) is 20. The van der Waals surface area contributed by atoms with E-state index in [1.54, 1.807) is 14.0 Å². The quantitative estimate of drug-likeness (QED) is 0.00334. The van der Waals surface area contributed by atoms with Gasteiger partial charge in [-0.05, 0) is 21.1 Å². The van der Waals surface area contributed by atoms with Crippen LogP contribution in [-0.4, -0.2) is 296 Å². The molecular weight excluding hydrogens is 4090 g/mol. The third-order valence-electron chi connectivity index (χ3n) is 10.7. The molecule has 0 radical (unpaired) electrons. The van der Waals surface area contributed by atoms with E-state index in [0.29, 0.717) is 83.7 Å². The molecular formula is C65H111I20N15O35-10. The Morgan fingerprint density at radius 1 is 0.444 bits per heavy atom. The number of nitrogens with zero attached hydrogens (tertiary/aromatic N) is 3. The van der Waals surface area contributed by atoms with E-state index in [1.165, 1.54) is 71.2 Å². The number of esters is 3. The molecule has 4 heterocycles. The van der Waals surface area contributed by atoms with Crippen molar-refractivity contribution in [1.29, 1.82) is 0 Å². The van der Waals surface area contributed by atoms with Crippen molar-refractivity contribution in [2.75, 3.05) is 103 Å². The van der Waals surface area contributed by atoms with Crippen molar-refractivity contribution in [2.24, 2.45) is 25.1 Å². The number of nitrogens with one attached hydrogen (secondary N) is 7. The van der Waals surface area contributed by atoms with Gasteiger partial charge in [-0.25, -0.2) is 28.8 Å². The Balaban J connectivity index is -0.0000000896. The molecule has 12 amide bonds. The summed E-state index contributed by atoms with van der Waals surface area (Å²) in [6.45, 7) is 7.27. The van der Waals surface area contributed by atoms with Gasteiger partial charge in [-0.1, -0.05) is 14.4 Å². The minimum absolute atomic E-state index is 0. The van der Waals surface area contributed by atoms with Crippen LogP contribution in [0.25, 0.3) is 0 Å². The molecule has 4 aliphatic rings. The normalized spacial score (nSPS) is 11.9. The number of amides is 12. The first kappa shape index (κ1) is 170. The number of carbonyl (C=O) groups is 23. The first-order valence-electron chi connectivity index (χ1n) is 34.8. The average Bonchev–Trinajstić information content (AvgIpc) is 1.73. The van der Waals surface area contributed by atoms with Gasteiger partial charge in [-0.15, -0.1) is 10.1 Å². The number of aliphatic hydroxyl groups excluding tert-OH is 1. The van der Waals surface area contributed by atoms with Gasteiger partial charge in [0.1, 0.15) is 0 Å². The van der Waals surface area contributed by atoms with E-state index in [1.807, 2.05) is 32.6 Å². The minimum atomic E-state index is -1.48. The van der Waals surface area contributed by atoms with Crippen LogP contribution in [0.5, 0.6) is 0 Å². The molecule has 25 N–H and O–H groups in total. The third-order valence-corrected chi connectivity index (χ3v) is 35.3. The standard InChI is InChI=1S/C11H12N2O7.C7H9I2N2O4.C7H9NO5.C7H9NO4.C6H4O5.C4H5NO3.2C3H6I2NO.C3H8I2N.C3H5I2O2.C3H7I2.C2H3I2O2.C2H5I2O.3CH5N.CH4.2H2I2N/c1-12-7(14)4-6(11(18)19)5-10(17)20-13-8(15)2-3-9(13)16;1-10-5(12)2-4(7(14)15)3-6(13)11-9-8;1-8-5(9)2-4(7(12)13)3-6(10)11;1-2-7(11)12-8-5(9)3-4-6(8)10;7-4(8)1-3-2-5(9)11-6(3)10;6-3-1-2-4(7)5(3)8;1-6-3(7)2-5-4;1-2-3(7)6-5-4;1-6-3-2-5-4;1-7-3(6)2-5-4;1-2-3-5-4;3-4-1-2(5)6;3-4-1-2-5;3*1-2;;2*1-2-3/h4H,2-3,5H2,1H3,(H,12,14)(H,18,19);2H,3H2,1H3,(H,10,12)(H,11,13)(H,14,15);2H,3H2,1H3,(H,8,9)(H,10,11)(H,12,13);2-4H2,1H3;2H,1H2,(H,7,8);8H,1-2H2;2*2H2,1H3,(H,6,7);6H,2-3H2,1H3;2H2,1H3;2-3H2,1H3;1H2,(H,5,6);5H,1-2H2;3*2H2,1H3;1H4;2*3H2/q;-1;;;;;7*-1;;;;;2*-1/b6-4-;2*4-2-;;;;;;;;;;;;;;;;. The maximum atomic E-state index is 11.5. The van der Waals surface area contributed by atoms with Gasteiger partial charge in [-0.2, -0.15) is 5.06 Å². The molecule has 0 aromatic heterocycles. The van der Waals surface area contributed by atoms with Gasteiger partial charge in [0.2, 0.25) is 11.8 Å². The fourth-order valence-electron chi connectivity index (χ4n) is 5.27. The van der Waals surface area contributed by atoms with Crippen LogP contribution in [-0.2, 0) is 129 Å². The number of hydroxylamine groups is 6. The number of alkyl halides is 6. The number of rotatable bonds is 33. The van der Waals surface area contributed by atoms with Gasteiger partial charge in [-0.3, -0.25) is 53.2 Å². The number of carboxylic acids is 6. The Bertz CT molecular complexity index is 3460. The Labute approximate surface area is 983 Å². The van der Waals surface area contributed by atoms with Crippen molar-refractivity contribution in [1.82, 2.24) is 48.8 Å². The molecule has 0 spiro atoms. The first-order chi connectivity index (χ1) is 63.0. The van der Waals surface area contributed by atoms with Gasteiger partial charge in [0, 0.05) is 77.3 Å². The van der Waals surface area contributed by atoms with Crippen molar-refractivity contribution in [3.05, 3.63) is 46.6 Å². The topological polar surface area (TPSA) is 815 Å². The van der Waals surface area contributed by atoms with E-state index < -0.39 is 161 Å². The second kappa shape index (κ2) is 130. The summed E-state index contributed by atoms with van der Waals surface area (Å²) in [6.07, 6.45) is 3.67. The zero-order valence-corrected chi connectivity index (χ0v) is 116. The number of aliphatic hydroxyl groups is 1. The van der Waals surface area contributed by atoms with Gasteiger partial charge in [0.05, 0.1) is 36.0 Å². The number of carbonyl (C=O) groups excluding carboxylic acids is 17. The number of hydrogen-bond acceptors (Lipinski definition) is 35. The molecule has 0 aromatic carbocycles. The molecule has 0 saturated carbocycles. The Kier molecular flexibility index (Phi) is 164. The van der Waals surface area contributed by atoms with Crippen molar-refractivity contribution in [3.8, 4) is 0 Å². The Morgan fingerprint density at radius 3 is 0.985 bits per heavy atom. The summed E-state index contributed by atoms with van der Waals surface area (Å²) in [5, 5.41) is 80.1. The number of methoxy groups -OCH3 is 1. The van der Waals surface area contributed by atoms with E-state index in [-0.39, 0.29) is 203 Å². The average molecular weight is 4200 g/mol. The molecule has 3 saturated heterocycles. The third kappa shape index (κ3) is 130. The van der Waals surface area contributed by atoms with E-state index in [9.17, 15) is 110 Å². The van der Waals surface area contributed by atoms with Crippen LogP contribution in [0, 0.1) is 0 Å². The number of carboxylic acid groups (broad SMARTS) is 6. The second-order valence-corrected chi connectivity index (χ2v) is 66.7. The fraction of sp³-hybridized carbons (Fsp3) is 0.523. The van der Waals surface area contributed by atoms with Crippen molar-refractivity contribution < 1.29 is 344 Å². The summed E-state index contributed by atoms with van der Waals surface area (Å²) in [7, 11) is 13.6. The second-order valence-electron chi connectivity index (χ2n) is 19.9. The van der Waals surface area contributed by atoms with Gasteiger partial charge < -0.3 is 62.7 Å². The van der Waals surface area contributed by atoms with Crippen LogP contribution in [0.1, 0.15) is 112 Å². The molecule has 0 bridgehead atoms. The van der Waals surface area contributed by atoms with Crippen LogP contribution in [0.2, 0.25) is 0 Å². The number of likely N-dealkylation sites (N-methyl/N-ethyl adjacent to an activating group) is 3. The molecule has 70 heteroatoms. The number of nitrogens with two attached hydrogens (primary N) is 5. The first-order valence-corrected chi connectivity index (χ1v) is 111. The molecule has 4 rings (SSSR count). The van der Waals surface area contributed by atoms with E-state index in [0.717, 1.165) is 33.2 Å². The number of halogens is 20. The number of imide groups is 3. The van der Waals surface area contributed by atoms with E-state index in [4.69, 9.17) is 48.8 Å². The molecule has 50 nitrogen and oxygen atoms in total. The number of aliphatic carboxylic acids is 6. The van der Waals surface area contributed by atoms with Gasteiger partial charge in [0.25, 0.3) is 35.4 Å². The monoisotopic (exact) mass is 4200 g/mol. The summed E-state index contributed by atoms with van der Waals surface area (Å²) in [5.74, 6) is -15.9. The summed E-state index contributed by atoms with van der Waals surface area (Å²) in [4.78, 5) is 253. The van der Waals surface area contributed by atoms with E-state index >= 15 is 0 Å². The van der Waals surface area contributed by atoms with Crippen LogP contribution in [0.3, 0.4) is 0 Å². The van der Waals surface area contributed by atoms with Crippen molar-refractivity contribution >= 4 is 323 Å². The zero-order chi connectivity index (χ0) is 108. The van der Waals surface area contributed by atoms with E-state index in [2.05, 4.69) is 244 Å². The van der Waals surface area contributed by atoms with Crippen LogP contribution < -0.4 is 232 Å². The molecule has 0 aromatic rings. The van der Waals surface area contributed by atoms with Crippen molar-refractivity contribution in [2.45, 2.75) is 112 Å². The van der Waals surface area contributed by atoms with Crippen LogP contribution in [0.4, 0.5) is 0 Å². The van der Waals surface area contributed by atoms with Crippen LogP contribution >= 0.6 is 186 Å². The number of ether oxygens (including phenoxy) is 2. The predicted molar refractivity (Wildman–Crippen MR) is 536 cm³/mol. The predicted octanol–water partition coefficient (Wildman–Crippen LogP) is -28.4. The van der Waals surface area contributed by atoms with Crippen LogP contribution in [0.15, 0.2) is 46.6 Å². The molecule has 135 heavy (non-hydrogen) atoms. The maximum absolute atomic E-state index is 11.5. The summed E-state index contributed by atoms with van der Waals surface area (Å²) >= 11 is 23.7. The van der Waals surface area contributed by atoms with Crippen molar-refractivity contribution in [3.63, 3.8) is 0 Å². The van der Waals surface area contributed by atoms with Gasteiger partial charge >= 0.3 is 646 Å². The molecule has 806 valence electrons. The number of cyclic esters (lactones) is 2. The molecule has 0 aliphatic carbocycles. The summed E-state index contributed by atoms with van der Waals surface area (Å²) < 4.78 is 29.3. The zero-order valence-electron chi connectivity index (χ0n) is 72.5. The molecule has 3 fully saturated rings.